The van der Waals surface area contributed by atoms with Crippen molar-refractivity contribution < 1.29 is 14.3 Å². The number of pyridine rings is 1. The van der Waals surface area contributed by atoms with E-state index in [0.717, 1.165) is 0 Å². The van der Waals surface area contributed by atoms with Crippen molar-refractivity contribution in [2.45, 2.75) is 20.4 Å². The number of nitrogens with zero attached hydrogens (tertiary/aromatic N) is 5. The quantitative estimate of drug-likeness (QED) is 0.399. The van der Waals surface area contributed by atoms with Crippen LogP contribution >= 0.6 is 23.2 Å². The van der Waals surface area contributed by atoms with Crippen LogP contribution in [0, 0.1) is 11.3 Å². The molecule has 3 rings (SSSR count). The van der Waals surface area contributed by atoms with Crippen LogP contribution in [0.1, 0.15) is 13.8 Å². The number of rotatable bonds is 6. The Morgan fingerprint density at radius 2 is 1.91 bits per heavy atom. The zero-order chi connectivity index (χ0) is 24.1. The van der Waals surface area contributed by atoms with E-state index in [1.165, 1.54) is 22.9 Å². The average molecular weight is 490 g/mol. The molecule has 170 valence electrons. The van der Waals surface area contributed by atoms with E-state index in [1.807, 2.05) is 12.2 Å². The minimum atomic E-state index is -1.04. The van der Waals surface area contributed by atoms with E-state index in [2.05, 4.69) is 20.4 Å². The van der Waals surface area contributed by atoms with Crippen molar-refractivity contribution in [1.82, 2.24) is 19.7 Å². The summed E-state index contributed by atoms with van der Waals surface area (Å²) in [4.78, 5) is 35.3. The van der Waals surface area contributed by atoms with Crippen molar-refractivity contribution in [3.05, 3.63) is 50.9 Å². The first-order valence-electron chi connectivity index (χ1n) is 9.59. The van der Waals surface area contributed by atoms with Crippen molar-refractivity contribution in [3.63, 3.8) is 0 Å². The number of carbonyl (C=O) groups is 2. The van der Waals surface area contributed by atoms with Crippen LogP contribution in [0.5, 0.6) is 0 Å². The van der Waals surface area contributed by atoms with E-state index in [1.54, 1.807) is 29.8 Å². The molecule has 0 radical (unpaired) electrons. The molecular weight excluding hydrogens is 473 g/mol. The fourth-order valence-corrected chi connectivity index (χ4v) is 3.62. The Balaban J connectivity index is 1.91. The lowest BCUT2D eigenvalue weighted by molar-refractivity contribution is -0.114. The standard InChI is InChI=1S/C20H17Cl2N7O4/c1-3-28-16-10-24-29(15(16)5-6-17(28)30)18-12(21)7-11(8-13(18)22)26-27-14(9-23)19(31)25-20(32)33-4-2/h5-8,10,26H,3-4H2,1-2H3,(H,25,31,32)/b27-14-. The maximum Gasteiger partial charge on any atom is 0.414 e. The number of aryl methyl sites for hydroxylation is 1. The van der Waals surface area contributed by atoms with E-state index in [9.17, 15) is 14.4 Å². The zero-order valence-electron chi connectivity index (χ0n) is 17.4. The summed E-state index contributed by atoms with van der Waals surface area (Å²) >= 11 is 12.9. The fraction of sp³-hybridized carbons (Fsp3) is 0.200. The Hall–Kier alpha value is -3.88. The maximum absolute atomic E-state index is 12.1. The first-order valence-corrected chi connectivity index (χ1v) is 10.3. The molecule has 0 saturated carbocycles. The summed E-state index contributed by atoms with van der Waals surface area (Å²) in [6.07, 6.45) is 0.547. The number of alkyl carbamates (subject to hydrolysis) is 1. The smallest absolute Gasteiger partial charge is 0.414 e. The van der Waals surface area contributed by atoms with E-state index < -0.39 is 17.7 Å². The Kier molecular flexibility index (Phi) is 7.32. The highest BCUT2D eigenvalue weighted by Crippen LogP contribution is 2.33. The van der Waals surface area contributed by atoms with Gasteiger partial charge in [-0.25, -0.2) is 9.48 Å². The molecule has 0 unspecified atom stereocenters. The van der Waals surface area contributed by atoms with E-state index in [4.69, 9.17) is 28.5 Å². The molecule has 11 nitrogen and oxygen atoms in total. The number of halogens is 2. The number of nitriles is 1. The van der Waals surface area contributed by atoms with Crippen molar-refractivity contribution in [2.75, 3.05) is 12.0 Å². The largest absolute Gasteiger partial charge is 0.450 e. The molecule has 2 heterocycles. The molecule has 0 atom stereocenters. The molecular formula is C20H17Cl2N7O4. The summed E-state index contributed by atoms with van der Waals surface area (Å²) in [6.45, 7) is 3.94. The molecule has 0 aliphatic carbocycles. The Bertz CT molecular complexity index is 1350. The van der Waals surface area contributed by atoms with Crippen molar-refractivity contribution in [3.8, 4) is 11.8 Å². The highest BCUT2D eigenvalue weighted by molar-refractivity contribution is 6.47. The summed E-state index contributed by atoms with van der Waals surface area (Å²) in [6, 6.07) is 7.57. The van der Waals surface area contributed by atoms with E-state index in [-0.39, 0.29) is 27.9 Å². The SMILES string of the molecule is CCOC(=O)NC(=O)/C(C#N)=N\Nc1cc(Cl)c(-n2ncc3c2ccc(=O)n3CC)c(Cl)c1. The van der Waals surface area contributed by atoms with E-state index >= 15 is 0 Å². The van der Waals surface area contributed by atoms with Gasteiger partial charge in [0.25, 0.3) is 11.5 Å². The number of carbonyl (C=O) groups excluding carboxylic acids is 2. The molecule has 0 aliphatic rings. The minimum absolute atomic E-state index is 0.0573. The summed E-state index contributed by atoms with van der Waals surface area (Å²) in [5.41, 5.74) is 3.62. The molecule has 1 aromatic carbocycles. The van der Waals surface area contributed by atoms with Crippen LogP contribution in [-0.4, -0.2) is 38.7 Å². The number of nitrogens with one attached hydrogen (secondary N) is 2. The Morgan fingerprint density at radius 3 is 2.52 bits per heavy atom. The second-order valence-electron chi connectivity index (χ2n) is 6.39. The average Bonchev–Trinajstić information content (AvgIpc) is 3.17. The number of ether oxygens (including phenoxy) is 1. The second kappa shape index (κ2) is 10.2. The number of fused-ring (bicyclic) bond motifs is 1. The molecule has 0 bridgehead atoms. The van der Waals surface area contributed by atoms with Gasteiger partial charge in [0.1, 0.15) is 11.8 Å². The fourth-order valence-electron chi connectivity index (χ4n) is 2.97. The Morgan fingerprint density at radius 1 is 1.21 bits per heavy atom. The van der Waals surface area contributed by atoms with Crippen LogP contribution in [0.2, 0.25) is 10.0 Å². The molecule has 0 fully saturated rings. The lowest BCUT2D eigenvalue weighted by Crippen LogP contribution is -2.36. The third kappa shape index (κ3) is 4.97. The summed E-state index contributed by atoms with van der Waals surface area (Å²) in [5, 5.41) is 19.4. The lowest BCUT2D eigenvalue weighted by Gasteiger charge is -2.11. The van der Waals surface area contributed by atoms with Gasteiger partial charge in [0.2, 0.25) is 5.71 Å². The number of hydrogen-bond donors (Lipinski definition) is 2. The van der Waals surface area contributed by atoms with Gasteiger partial charge in [-0.2, -0.15) is 15.5 Å². The normalized spacial score (nSPS) is 11.2. The van der Waals surface area contributed by atoms with Crippen molar-refractivity contribution in [1.29, 1.82) is 5.26 Å². The zero-order valence-corrected chi connectivity index (χ0v) is 18.9. The molecule has 2 aromatic heterocycles. The van der Waals surface area contributed by atoms with Crippen molar-refractivity contribution >= 4 is 57.6 Å². The third-order valence-electron chi connectivity index (χ3n) is 4.38. The van der Waals surface area contributed by atoms with Crippen LogP contribution in [0.3, 0.4) is 0 Å². The highest BCUT2D eigenvalue weighted by atomic mass is 35.5. The van der Waals surface area contributed by atoms with Gasteiger partial charge >= 0.3 is 6.09 Å². The molecule has 2 amide bonds. The molecule has 0 aliphatic heterocycles. The van der Waals surface area contributed by atoms with Crippen LogP contribution in [0.15, 0.2) is 40.4 Å². The van der Waals surface area contributed by atoms with Gasteiger partial charge in [0.15, 0.2) is 0 Å². The van der Waals surface area contributed by atoms with Gasteiger partial charge in [-0.1, -0.05) is 23.2 Å². The van der Waals surface area contributed by atoms with E-state index in [0.29, 0.717) is 23.3 Å². The number of aromatic nitrogens is 3. The van der Waals surface area contributed by atoms with Gasteiger partial charge in [-0.3, -0.25) is 20.3 Å². The highest BCUT2D eigenvalue weighted by Gasteiger charge is 2.18. The first kappa shape index (κ1) is 23.8. The summed E-state index contributed by atoms with van der Waals surface area (Å²) in [7, 11) is 0. The number of hydrogen-bond acceptors (Lipinski definition) is 8. The van der Waals surface area contributed by atoms with Gasteiger partial charge in [0.05, 0.1) is 39.6 Å². The minimum Gasteiger partial charge on any atom is -0.450 e. The lowest BCUT2D eigenvalue weighted by atomic mass is 10.2. The second-order valence-corrected chi connectivity index (χ2v) is 7.20. The summed E-state index contributed by atoms with van der Waals surface area (Å²) in [5.74, 6) is -1.04. The predicted molar refractivity (Wildman–Crippen MR) is 123 cm³/mol. The number of anilines is 1. The van der Waals surface area contributed by atoms with Crippen LogP contribution in [-0.2, 0) is 16.1 Å². The summed E-state index contributed by atoms with van der Waals surface area (Å²) < 4.78 is 7.66. The topological polar surface area (TPSA) is 143 Å². The number of benzene rings is 1. The molecule has 0 saturated heterocycles. The third-order valence-corrected chi connectivity index (χ3v) is 4.96. The van der Waals surface area contributed by atoms with Gasteiger partial charge < -0.3 is 9.30 Å². The predicted octanol–water partition coefficient (Wildman–Crippen LogP) is 3.08. The number of amides is 2. The number of imide groups is 1. The number of hydrazone groups is 1. The van der Waals surface area contributed by atoms with Crippen LogP contribution < -0.4 is 16.3 Å². The molecule has 33 heavy (non-hydrogen) atoms. The molecule has 2 N–H and O–H groups in total. The van der Waals surface area contributed by atoms with Gasteiger partial charge in [-0.15, -0.1) is 0 Å². The first-order chi connectivity index (χ1) is 15.8. The van der Waals surface area contributed by atoms with Gasteiger partial charge in [-0.05, 0) is 32.0 Å². The van der Waals surface area contributed by atoms with Gasteiger partial charge in [0, 0.05) is 12.6 Å². The Labute approximate surface area is 197 Å². The van der Waals surface area contributed by atoms with Crippen molar-refractivity contribution in [2.24, 2.45) is 5.10 Å². The monoisotopic (exact) mass is 489 g/mol. The molecule has 13 heteroatoms. The molecule has 3 aromatic rings. The molecule has 0 spiro atoms. The van der Waals surface area contributed by atoms with Crippen LogP contribution in [0.25, 0.3) is 16.7 Å². The van der Waals surface area contributed by atoms with Crippen LogP contribution in [0.4, 0.5) is 10.5 Å². The maximum atomic E-state index is 12.1.